The Morgan fingerprint density at radius 2 is 2.12 bits per heavy atom. The van der Waals surface area contributed by atoms with Crippen LogP contribution in [0.1, 0.15) is 32.1 Å². The summed E-state index contributed by atoms with van der Waals surface area (Å²) in [5.41, 5.74) is 5.39. The molecular weight excluding hydrogens is 218 g/mol. The van der Waals surface area contributed by atoms with Crippen molar-refractivity contribution in [2.45, 2.75) is 32.1 Å². The van der Waals surface area contributed by atoms with Gasteiger partial charge < -0.3 is 15.4 Å². The second-order valence-corrected chi connectivity index (χ2v) is 3.88. The van der Waals surface area contributed by atoms with Crippen LogP contribution in [0.3, 0.4) is 0 Å². The Bertz CT molecular complexity index is 238. The fourth-order valence-electron chi connectivity index (χ4n) is 1.50. The van der Waals surface area contributed by atoms with Crippen molar-refractivity contribution in [2.24, 2.45) is 5.73 Å². The van der Waals surface area contributed by atoms with Crippen LogP contribution in [0.25, 0.3) is 0 Å². The van der Waals surface area contributed by atoms with Crippen molar-refractivity contribution in [1.82, 2.24) is 4.90 Å². The number of carbonyl (C=O) groups is 1. The Morgan fingerprint density at radius 3 is 2.71 bits per heavy atom. The molecule has 0 fully saturated rings. The molecular formula is C12H23N3O2. The lowest BCUT2D eigenvalue weighted by molar-refractivity contribution is -0.131. The maximum absolute atomic E-state index is 11.8. The summed E-state index contributed by atoms with van der Waals surface area (Å²) in [6.45, 7) is 2.25. The summed E-state index contributed by atoms with van der Waals surface area (Å²) >= 11 is 0. The second-order valence-electron chi connectivity index (χ2n) is 3.88. The molecule has 0 aromatic heterocycles. The van der Waals surface area contributed by atoms with Crippen LogP contribution >= 0.6 is 0 Å². The lowest BCUT2D eigenvalue weighted by atomic mass is 10.2. The molecule has 17 heavy (non-hydrogen) atoms. The lowest BCUT2D eigenvalue weighted by Crippen LogP contribution is -2.34. The summed E-state index contributed by atoms with van der Waals surface area (Å²) in [7, 11) is 1.61. The number of hydrogen-bond acceptors (Lipinski definition) is 4. The van der Waals surface area contributed by atoms with Gasteiger partial charge in [-0.2, -0.15) is 5.26 Å². The summed E-state index contributed by atoms with van der Waals surface area (Å²) in [4.78, 5) is 13.6. The zero-order chi connectivity index (χ0) is 12.9. The van der Waals surface area contributed by atoms with Crippen LogP contribution < -0.4 is 5.73 Å². The van der Waals surface area contributed by atoms with E-state index < -0.39 is 0 Å². The first-order chi connectivity index (χ1) is 8.26. The van der Waals surface area contributed by atoms with E-state index in [0.717, 1.165) is 19.3 Å². The fraction of sp³-hybridized carbons (Fsp3) is 0.833. The molecule has 0 radical (unpaired) electrons. The van der Waals surface area contributed by atoms with Crippen molar-refractivity contribution in [2.75, 3.05) is 33.4 Å². The summed E-state index contributed by atoms with van der Waals surface area (Å²) < 4.78 is 4.95. The first-order valence-corrected chi connectivity index (χ1v) is 6.10. The Kier molecular flexibility index (Phi) is 10.6. The Balaban J connectivity index is 3.90. The molecule has 0 saturated carbocycles. The third kappa shape index (κ3) is 8.66. The van der Waals surface area contributed by atoms with E-state index in [-0.39, 0.29) is 5.91 Å². The molecule has 0 rings (SSSR count). The van der Waals surface area contributed by atoms with Gasteiger partial charge >= 0.3 is 0 Å². The van der Waals surface area contributed by atoms with Crippen molar-refractivity contribution in [1.29, 1.82) is 5.26 Å². The fourth-order valence-corrected chi connectivity index (χ4v) is 1.50. The normalized spacial score (nSPS) is 9.94. The van der Waals surface area contributed by atoms with Crippen LogP contribution in [0.2, 0.25) is 0 Å². The van der Waals surface area contributed by atoms with Crippen LogP contribution in [0, 0.1) is 11.3 Å². The van der Waals surface area contributed by atoms with E-state index in [1.54, 1.807) is 12.0 Å². The number of nitrogens with zero attached hydrogens (tertiary/aromatic N) is 2. The molecule has 0 saturated heterocycles. The Hall–Kier alpha value is -1.12. The predicted octanol–water partition coefficient (Wildman–Crippen LogP) is 0.894. The average molecular weight is 241 g/mol. The van der Waals surface area contributed by atoms with E-state index in [1.807, 2.05) is 0 Å². The minimum atomic E-state index is 0.106. The van der Waals surface area contributed by atoms with Gasteiger partial charge in [0.25, 0.3) is 0 Å². The molecule has 0 aliphatic rings. The number of nitrogens with two attached hydrogens (primary N) is 1. The number of unbranched alkanes of at least 4 members (excludes halogenated alkanes) is 2. The zero-order valence-corrected chi connectivity index (χ0v) is 10.7. The molecule has 5 heteroatoms. The zero-order valence-electron chi connectivity index (χ0n) is 10.7. The van der Waals surface area contributed by atoms with Crippen molar-refractivity contribution >= 4 is 5.91 Å². The molecule has 0 aliphatic heterocycles. The molecule has 1 amide bonds. The van der Waals surface area contributed by atoms with E-state index in [9.17, 15) is 4.79 Å². The lowest BCUT2D eigenvalue weighted by Gasteiger charge is -2.21. The van der Waals surface area contributed by atoms with E-state index in [1.165, 1.54) is 0 Å². The van der Waals surface area contributed by atoms with Crippen molar-refractivity contribution in [3.05, 3.63) is 0 Å². The van der Waals surface area contributed by atoms with Crippen molar-refractivity contribution in [3.8, 4) is 6.07 Å². The monoisotopic (exact) mass is 241 g/mol. The molecule has 5 nitrogen and oxygen atoms in total. The molecule has 0 atom stereocenters. The van der Waals surface area contributed by atoms with Crippen LogP contribution in [0.5, 0.6) is 0 Å². The largest absolute Gasteiger partial charge is 0.383 e. The third-order valence-corrected chi connectivity index (χ3v) is 2.51. The highest BCUT2D eigenvalue weighted by atomic mass is 16.5. The molecule has 0 heterocycles. The predicted molar refractivity (Wildman–Crippen MR) is 66.2 cm³/mol. The minimum Gasteiger partial charge on any atom is -0.383 e. The van der Waals surface area contributed by atoms with Crippen LogP contribution in [0.15, 0.2) is 0 Å². The number of ether oxygens (including phenoxy) is 1. The van der Waals surface area contributed by atoms with Crippen LogP contribution in [-0.4, -0.2) is 44.2 Å². The number of nitriles is 1. The molecule has 0 aliphatic carbocycles. The molecule has 98 valence electrons. The third-order valence-electron chi connectivity index (χ3n) is 2.51. The van der Waals surface area contributed by atoms with Gasteiger partial charge in [-0.3, -0.25) is 4.79 Å². The summed E-state index contributed by atoms with van der Waals surface area (Å²) in [5, 5.41) is 8.54. The number of carbonyl (C=O) groups excluding carboxylic acids is 1. The van der Waals surface area contributed by atoms with Crippen molar-refractivity contribution < 1.29 is 9.53 Å². The maximum atomic E-state index is 11.8. The molecule has 0 unspecified atom stereocenters. The number of rotatable bonds is 10. The van der Waals surface area contributed by atoms with Crippen LogP contribution in [0.4, 0.5) is 0 Å². The van der Waals surface area contributed by atoms with Gasteiger partial charge in [0.2, 0.25) is 5.91 Å². The number of methoxy groups -OCH3 is 1. The number of hydrogen-bond donors (Lipinski definition) is 1. The van der Waals surface area contributed by atoms with Crippen molar-refractivity contribution in [3.63, 3.8) is 0 Å². The second kappa shape index (κ2) is 11.4. The van der Waals surface area contributed by atoms with Gasteiger partial charge in [0.1, 0.15) is 0 Å². The SMILES string of the molecule is COCCN(CCC#N)C(=O)CCCCCN. The van der Waals surface area contributed by atoms with Gasteiger partial charge in [0.15, 0.2) is 0 Å². The topological polar surface area (TPSA) is 79.3 Å². The molecule has 0 aromatic rings. The standard InChI is InChI=1S/C12H23N3O2/c1-17-11-10-15(9-5-8-14)12(16)6-3-2-4-7-13/h2-7,9-11,13H2,1H3. The van der Waals surface area contributed by atoms with Gasteiger partial charge in [-0.15, -0.1) is 0 Å². The highest BCUT2D eigenvalue weighted by molar-refractivity contribution is 5.76. The molecule has 0 spiro atoms. The first kappa shape index (κ1) is 15.9. The highest BCUT2D eigenvalue weighted by Crippen LogP contribution is 2.04. The quantitative estimate of drug-likeness (QED) is 0.576. The van der Waals surface area contributed by atoms with E-state index in [2.05, 4.69) is 6.07 Å². The van der Waals surface area contributed by atoms with E-state index in [4.69, 9.17) is 15.7 Å². The van der Waals surface area contributed by atoms with E-state index in [0.29, 0.717) is 39.1 Å². The van der Waals surface area contributed by atoms with Gasteiger partial charge in [0, 0.05) is 26.6 Å². The molecule has 2 N–H and O–H groups in total. The highest BCUT2D eigenvalue weighted by Gasteiger charge is 2.12. The summed E-state index contributed by atoms with van der Waals surface area (Å²) in [6.07, 6.45) is 3.72. The minimum absolute atomic E-state index is 0.106. The number of amides is 1. The molecule has 0 aromatic carbocycles. The van der Waals surface area contributed by atoms with Gasteiger partial charge in [-0.25, -0.2) is 0 Å². The smallest absolute Gasteiger partial charge is 0.222 e. The van der Waals surface area contributed by atoms with E-state index >= 15 is 0 Å². The summed E-state index contributed by atoms with van der Waals surface area (Å²) in [6, 6.07) is 2.05. The van der Waals surface area contributed by atoms with Crippen LogP contribution in [-0.2, 0) is 9.53 Å². The maximum Gasteiger partial charge on any atom is 0.222 e. The average Bonchev–Trinajstić information content (AvgIpc) is 2.34. The van der Waals surface area contributed by atoms with Gasteiger partial charge in [-0.1, -0.05) is 6.42 Å². The first-order valence-electron chi connectivity index (χ1n) is 6.10. The Morgan fingerprint density at radius 1 is 1.35 bits per heavy atom. The molecule has 0 bridgehead atoms. The Labute approximate surface area is 104 Å². The summed E-state index contributed by atoms with van der Waals surface area (Å²) in [5.74, 6) is 0.106. The van der Waals surface area contributed by atoms with Gasteiger partial charge in [-0.05, 0) is 19.4 Å². The van der Waals surface area contributed by atoms with Gasteiger partial charge in [0.05, 0.1) is 19.1 Å².